The number of benzene rings is 1. The first kappa shape index (κ1) is 17.0. The van der Waals surface area contributed by atoms with Crippen molar-refractivity contribution >= 4 is 32.2 Å². The number of hydrogen-bond donors (Lipinski definition) is 1. The Kier molecular flexibility index (Phi) is 5.90. The summed E-state index contributed by atoms with van der Waals surface area (Å²) in [6, 6.07) is 3.59. The lowest BCUT2D eigenvalue weighted by Crippen LogP contribution is -2.20. The van der Waals surface area contributed by atoms with E-state index in [1.54, 1.807) is 6.07 Å². The van der Waals surface area contributed by atoms with Gasteiger partial charge < -0.3 is 9.53 Å². The average Bonchev–Trinajstić information content (AvgIpc) is 2.27. The highest BCUT2D eigenvalue weighted by atomic mass is 35.5. The smallest absolute Gasteiger partial charge is 0.171 e. The van der Waals surface area contributed by atoms with E-state index in [1.165, 1.54) is 0 Å². The van der Waals surface area contributed by atoms with Gasteiger partial charge in [-0.05, 0) is 41.8 Å². The third kappa shape index (κ3) is 4.76. The molecule has 1 aromatic rings. The fraction of sp³-hybridized carbons (Fsp3) is 0.571. The first-order chi connectivity index (χ1) is 8.62. The lowest BCUT2D eigenvalue weighted by atomic mass is 9.82. The molecule has 1 unspecified atom stereocenters. The summed E-state index contributed by atoms with van der Waals surface area (Å²) < 4.78 is 5.61. The fourth-order valence-corrected chi connectivity index (χ4v) is 2.76. The van der Waals surface area contributed by atoms with Crippen molar-refractivity contribution in [3.05, 3.63) is 33.3 Å². The number of aliphatic hydroxyl groups is 1. The van der Waals surface area contributed by atoms with Gasteiger partial charge in [-0.25, -0.2) is 0 Å². The van der Waals surface area contributed by atoms with Crippen LogP contribution in [-0.4, -0.2) is 20.8 Å². The van der Waals surface area contributed by atoms with Crippen LogP contribution in [0.5, 0.6) is 0 Å². The summed E-state index contributed by atoms with van der Waals surface area (Å²) >= 11 is 12.2. The molecule has 108 valence electrons. The van der Waals surface area contributed by atoms with Crippen LogP contribution in [0.3, 0.4) is 0 Å². The zero-order valence-corrected chi connectivity index (χ0v) is 14.8. The Morgan fingerprint density at radius 1 is 1.21 bits per heavy atom. The summed E-state index contributed by atoms with van der Waals surface area (Å²) in [7, 11) is -1.15. The van der Waals surface area contributed by atoms with Gasteiger partial charge in [0.05, 0.1) is 16.7 Å². The molecule has 0 spiro atoms. The van der Waals surface area contributed by atoms with Crippen LogP contribution in [0.2, 0.25) is 23.1 Å². The second-order valence-electron chi connectivity index (χ2n) is 6.00. The second kappa shape index (κ2) is 6.59. The zero-order chi connectivity index (χ0) is 14.8. The molecular formula is C14H22Cl2O2Si. The molecule has 0 aliphatic rings. The third-order valence-electron chi connectivity index (χ3n) is 2.85. The van der Waals surface area contributed by atoms with Crippen molar-refractivity contribution in [1.29, 1.82) is 0 Å². The van der Waals surface area contributed by atoms with Crippen molar-refractivity contribution < 1.29 is 9.53 Å². The monoisotopic (exact) mass is 320 g/mol. The quantitative estimate of drug-likeness (QED) is 0.837. The summed E-state index contributed by atoms with van der Waals surface area (Å²) in [4.78, 5) is 0. The summed E-state index contributed by atoms with van der Waals surface area (Å²) in [5, 5.41) is 11.3. The Balaban J connectivity index is 3.14. The molecule has 0 aromatic heterocycles. The molecule has 0 aliphatic heterocycles. The van der Waals surface area contributed by atoms with Crippen LogP contribution in [0.1, 0.15) is 38.0 Å². The fourth-order valence-electron chi connectivity index (χ4n) is 1.86. The molecule has 0 amide bonds. The summed E-state index contributed by atoms with van der Waals surface area (Å²) in [6.45, 7) is 10.7. The van der Waals surface area contributed by atoms with Gasteiger partial charge in [0.25, 0.3) is 0 Å². The highest BCUT2D eigenvalue weighted by Crippen LogP contribution is 2.36. The third-order valence-corrected chi connectivity index (χ3v) is 4.43. The minimum absolute atomic E-state index is 0.111. The van der Waals surface area contributed by atoms with Gasteiger partial charge in [0.15, 0.2) is 9.04 Å². The van der Waals surface area contributed by atoms with E-state index in [-0.39, 0.29) is 5.41 Å². The number of hydrogen-bond acceptors (Lipinski definition) is 2. The Hall–Kier alpha value is -0.0631. The first-order valence-electron chi connectivity index (χ1n) is 6.42. The molecule has 0 heterocycles. The van der Waals surface area contributed by atoms with Crippen LogP contribution < -0.4 is 0 Å². The number of aliphatic hydroxyl groups excluding tert-OH is 1. The van der Waals surface area contributed by atoms with E-state index in [0.717, 1.165) is 11.1 Å². The van der Waals surface area contributed by atoms with Gasteiger partial charge >= 0.3 is 0 Å². The Morgan fingerprint density at radius 3 is 2.21 bits per heavy atom. The molecule has 1 rings (SSSR count). The standard InChI is InChI=1S/C14H22Cl2O2Si/c1-14(2,3)10-7-12(16)11(15)6-9(10)13(17)8-18-19(4)5/h6-7,13,17,19H,8H2,1-5H3. The van der Waals surface area contributed by atoms with E-state index in [2.05, 4.69) is 33.9 Å². The van der Waals surface area contributed by atoms with Gasteiger partial charge in [0, 0.05) is 0 Å². The van der Waals surface area contributed by atoms with Crippen LogP contribution in [0.4, 0.5) is 0 Å². The van der Waals surface area contributed by atoms with Crippen molar-refractivity contribution in [2.24, 2.45) is 0 Å². The summed E-state index contributed by atoms with van der Waals surface area (Å²) in [5.41, 5.74) is 1.69. The molecular weight excluding hydrogens is 299 g/mol. The molecule has 0 saturated heterocycles. The van der Waals surface area contributed by atoms with E-state index in [0.29, 0.717) is 16.7 Å². The van der Waals surface area contributed by atoms with E-state index < -0.39 is 15.1 Å². The van der Waals surface area contributed by atoms with Gasteiger partial charge in [0.2, 0.25) is 0 Å². The van der Waals surface area contributed by atoms with Crippen molar-refractivity contribution in [2.75, 3.05) is 6.61 Å². The SMILES string of the molecule is C[SiH](C)OCC(O)c1cc(Cl)c(Cl)cc1C(C)(C)C. The Morgan fingerprint density at radius 2 is 1.74 bits per heavy atom. The van der Waals surface area contributed by atoms with Gasteiger partial charge in [-0.1, -0.05) is 44.0 Å². The molecule has 0 radical (unpaired) electrons. The predicted octanol–water partition coefficient (Wildman–Crippen LogP) is 4.32. The zero-order valence-electron chi connectivity index (χ0n) is 12.1. The highest BCUT2D eigenvalue weighted by Gasteiger charge is 2.23. The van der Waals surface area contributed by atoms with Crippen molar-refractivity contribution in [1.82, 2.24) is 0 Å². The molecule has 1 N–H and O–H groups in total. The molecule has 2 nitrogen and oxygen atoms in total. The molecule has 19 heavy (non-hydrogen) atoms. The van der Waals surface area contributed by atoms with Gasteiger partial charge in [-0.2, -0.15) is 0 Å². The minimum atomic E-state index is -1.15. The molecule has 5 heteroatoms. The van der Waals surface area contributed by atoms with Crippen molar-refractivity contribution in [2.45, 2.75) is 45.4 Å². The van der Waals surface area contributed by atoms with Crippen LogP contribution >= 0.6 is 23.2 Å². The molecule has 1 aromatic carbocycles. The first-order valence-corrected chi connectivity index (χ1v) is 9.95. The van der Waals surface area contributed by atoms with E-state index in [1.807, 2.05) is 6.07 Å². The van der Waals surface area contributed by atoms with Gasteiger partial charge in [0.1, 0.15) is 6.10 Å². The largest absolute Gasteiger partial charge is 0.418 e. The molecule has 1 atom stereocenters. The van der Waals surface area contributed by atoms with Crippen LogP contribution in [-0.2, 0) is 9.84 Å². The minimum Gasteiger partial charge on any atom is -0.418 e. The number of halogens is 2. The Labute approximate surface area is 127 Å². The summed E-state index contributed by atoms with van der Waals surface area (Å²) in [6.07, 6.45) is -0.668. The average molecular weight is 321 g/mol. The molecule has 0 bridgehead atoms. The highest BCUT2D eigenvalue weighted by molar-refractivity contribution is 6.48. The van der Waals surface area contributed by atoms with E-state index in [4.69, 9.17) is 27.6 Å². The van der Waals surface area contributed by atoms with Gasteiger partial charge in [-0.15, -0.1) is 0 Å². The van der Waals surface area contributed by atoms with Crippen LogP contribution in [0, 0.1) is 0 Å². The van der Waals surface area contributed by atoms with Gasteiger partial charge in [-0.3, -0.25) is 0 Å². The second-order valence-corrected chi connectivity index (χ2v) is 9.25. The maximum absolute atomic E-state index is 10.3. The lowest BCUT2D eigenvalue weighted by Gasteiger charge is -2.26. The lowest BCUT2D eigenvalue weighted by molar-refractivity contribution is 0.106. The van der Waals surface area contributed by atoms with Crippen LogP contribution in [0.25, 0.3) is 0 Å². The van der Waals surface area contributed by atoms with E-state index >= 15 is 0 Å². The van der Waals surface area contributed by atoms with Crippen LogP contribution in [0.15, 0.2) is 12.1 Å². The topological polar surface area (TPSA) is 29.5 Å². The normalized spacial score (nSPS) is 13.9. The maximum atomic E-state index is 10.3. The Bertz CT molecular complexity index is 442. The van der Waals surface area contributed by atoms with Crippen molar-refractivity contribution in [3.8, 4) is 0 Å². The molecule has 0 fully saturated rings. The molecule has 0 saturated carbocycles. The number of rotatable bonds is 4. The molecule has 0 aliphatic carbocycles. The summed E-state index contributed by atoms with van der Waals surface area (Å²) in [5.74, 6) is 0. The van der Waals surface area contributed by atoms with Crippen molar-refractivity contribution in [3.63, 3.8) is 0 Å². The maximum Gasteiger partial charge on any atom is 0.171 e. The predicted molar refractivity (Wildman–Crippen MR) is 85.0 cm³/mol. The van der Waals surface area contributed by atoms with E-state index in [9.17, 15) is 5.11 Å².